The maximum absolute atomic E-state index is 15.4. The number of hydrogen-bond acceptors (Lipinski definition) is 13. The van der Waals surface area contributed by atoms with Crippen molar-refractivity contribution >= 4 is 58.7 Å². The number of carbonyl (C=O) groups excluding carboxylic acids is 8. The zero-order valence-corrected chi connectivity index (χ0v) is 55.8. The normalized spacial score (nSPS) is 19.7. The number of carbonyl (C=O) groups is 8. The molecule has 2 saturated heterocycles. The molecule has 2 saturated carbocycles. The lowest BCUT2D eigenvalue weighted by Crippen LogP contribution is -2.56. The highest BCUT2D eigenvalue weighted by Crippen LogP contribution is 2.36. The van der Waals surface area contributed by atoms with Crippen LogP contribution in [-0.4, -0.2) is 178 Å². The maximum atomic E-state index is 15.4. The van der Waals surface area contributed by atoms with Crippen LogP contribution in [0.15, 0.2) is 134 Å². The molecule has 2 aliphatic heterocycles. The molecule has 506 valence electrons. The van der Waals surface area contributed by atoms with E-state index in [1.807, 2.05) is 86.3 Å². The van der Waals surface area contributed by atoms with E-state index in [9.17, 15) is 28.8 Å². The number of amides is 7. The molecule has 6 heterocycles. The zero-order chi connectivity index (χ0) is 67.2. The van der Waals surface area contributed by atoms with Gasteiger partial charge < -0.3 is 40.9 Å². The smallest absolute Gasteiger partial charge is 0.274 e. The fourth-order valence-electron chi connectivity index (χ4n) is 14.6. The number of aromatic nitrogens is 6. The number of imidazole rings is 2. The first-order valence-corrected chi connectivity index (χ1v) is 34.7. The van der Waals surface area contributed by atoms with Crippen LogP contribution in [0.1, 0.15) is 163 Å². The van der Waals surface area contributed by atoms with Crippen LogP contribution >= 0.6 is 0 Å². The minimum Gasteiger partial charge on any atom is -0.347 e. The van der Waals surface area contributed by atoms with Crippen molar-refractivity contribution in [2.75, 3.05) is 46.3 Å². The summed E-state index contributed by atoms with van der Waals surface area (Å²) in [5, 5.41) is 12.7. The maximum Gasteiger partial charge on any atom is 0.274 e. The van der Waals surface area contributed by atoms with Crippen LogP contribution in [0.4, 0.5) is 0 Å². The number of hydrogen-bond donors (Lipinski definition) is 4. The lowest BCUT2D eigenvalue weighted by molar-refractivity contribution is -0.142. The van der Waals surface area contributed by atoms with E-state index in [4.69, 9.17) is 0 Å². The topological polar surface area (TPSA) is 258 Å². The summed E-state index contributed by atoms with van der Waals surface area (Å²) in [6.07, 6.45) is 21.6. The van der Waals surface area contributed by atoms with Gasteiger partial charge in [-0.2, -0.15) is 0 Å². The molecule has 0 radical (unpaired) electrons. The average molecular weight is 1310 g/mol. The predicted octanol–water partition coefficient (Wildman–Crippen LogP) is 7.82. The summed E-state index contributed by atoms with van der Waals surface area (Å²) in [5.41, 5.74) is 3.04. The van der Waals surface area contributed by atoms with Crippen molar-refractivity contribution in [2.24, 2.45) is 23.7 Å². The first kappa shape index (κ1) is 68.2. The first-order valence-electron chi connectivity index (χ1n) is 34.7. The Kier molecular flexibility index (Phi) is 22.8. The Labute approximate surface area is 561 Å². The molecule has 22 nitrogen and oxygen atoms in total. The third-order valence-electron chi connectivity index (χ3n) is 20.5. The second-order valence-electron chi connectivity index (χ2n) is 26.9. The zero-order valence-electron chi connectivity index (χ0n) is 55.8. The Balaban J connectivity index is 0.827. The van der Waals surface area contributed by atoms with Gasteiger partial charge in [-0.15, -0.1) is 0 Å². The molecule has 4 aromatic heterocycles. The third kappa shape index (κ3) is 16.7. The van der Waals surface area contributed by atoms with Crippen LogP contribution in [0.5, 0.6) is 0 Å². The highest BCUT2D eigenvalue weighted by atomic mass is 16.2. The van der Waals surface area contributed by atoms with E-state index in [0.717, 1.165) is 75.3 Å². The molecular weight excluding hydrogens is 1210 g/mol. The number of fused-ring (bicyclic) bond motifs is 2. The molecule has 2 aliphatic carbocycles. The summed E-state index contributed by atoms with van der Waals surface area (Å²) >= 11 is 0. The summed E-state index contributed by atoms with van der Waals surface area (Å²) in [4.78, 5) is 142. The summed E-state index contributed by atoms with van der Waals surface area (Å²) in [6.45, 7) is 6.79. The molecule has 3 aromatic carbocycles. The number of likely N-dealkylation sites (tertiary alicyclic amines) is 2. The Hall–Kier alpha value is -9.18. The summed E-state index contributed by atoms with van der Waals surface area (Å²) in [6, 6.07) is 26.2. The number of nitrogens with one attached hydrogen (secondary N) is 4. The Bertz CT molecular complexity index is 3520. The van der Waals surface area contributed by atoms with Crippen LogP contribution in [0, 0.1) is 23.7 Å². The van der Waals surface area contributed by atoms with E-state index in [0.29, 0.717) is 56.7 Å². The largest absolute Gasteiger partial charge is 0.347 e. The second-order valence-corrected chi connectivity index (χ2v) is 26.9. The van der Waals surface area contributed by atoms with Crippen LogP contribution < -0.4 is 21.3 Å². The third-order valence-corrected chi connectivity index (χ3v) is 20.5. The van der Waals surface area contributed by atoms with Crippen molar-refractivity contribution in [2.45, 2.75) is 160 Å². The van der Waals surface area contributed by atoms with E-state index in [2.05, 4.69) is 41.2 Å². The molecule has 7 amide bonds. The van der Waals surface area contributed by atoms with Crippen LogP contribution in [0.2, 0.25) is 0 Å². The van der Waals surface area contributed by atoms with E-state index in [1.165, 1.54) is 0 Å². The van der Waals surface area contributed by atoms with Gasteiger partial charge in [0.25, 0.3) is 23.6 Å². The molecule has 22 heteroatoms. The molecule has 7 aromatic rings. The van der Waals surface area contributed by atoms with Gasteiger partial charge in [-0.1, -0.05) is 113 Å². The van der Waals surface area contributed by atoms with Gasteiger partial charge in [-0.05, 0) is 131 Å². The van der Waals surface area contributed by atoms with Gasteiger partial charge in [-0.25, -0.2) is 19.9 Å². The number of ketones is 1. The molecule has 8 atom stereocenters. The number of Topliss-reactive ketones (excluding diaryl/α,β-unsaturated/α-hetero) is 1. The van der Waals surface area contributed by atoms with Crippen molar-refractivity contribution < 1.29 is 38.4 Å². The van der Waals surface area contributed by atoms with Crippen molar-refractivity contribution in [3.63, 3.8) is 0 Å². The van der Waals surface area contributed by atoms with Crippen LogP contribution in [-0.2, 0) is 32.0 Å². The van der Waals surface area contributed by atoms with Crippen molar-refractivity contribution in [1.29, 1.82) is 0 Å². The summed E-state index contributed by atoms with van der Waals surface area (Å²) in [7, 11) is 1.74. The first-order chi connectivity index (χ1) is 46.6. The van der Waals surface area contributed by atoms with E-state index < -0.39 is 54.0 Å². The van der Waals surface area contributed by atoms with Gasteiger partial charge in [0.05, 0.1) is 18.1 Å². The molecular formula is C74H92N14O8. The lowest BCUT2D eigenvalue weighted by atomic mass is 9.76. The number of benzene rings is 3. The Morgan fingerprint density at radius 2 is 1.03 bits per heavy atom. The minimum atomic E-state index is -0.795. The van der Waals surface area contributed by atoms with Crippen molar-refractivity contribution in [3.8, 4) is 0 Å². The molecule has 0 unspecified atom stereocenters. The fourth-order valence-corrected chi connectivity index (χ4v) is 14.6. The lowest BCUT2D eigenvalue weighted by Gasteiger charge is -2.36. The van der Waals surface area contributed by atoms with Crippen molar-refractivity contribution in [3.05, 3.63) is 168 Å². The van der Waals surface area contributed by atoms with E-state index in [1.54, 1.807) is 104 Å². The van der Waals surface area contributed by atoms with Crippen molar-refractivity contribution in [1.82, 2.24) is 69.6 Å². The molecule has 0 bridgehead atoms. The number of nitrogens with zero attached hydrogens (tertiary/aromatic N) is 10. The van der Waals surface area contributed by atoms with Gasteiger partial charge in [0.15, 0.2) is 0 Å². The van der Waals surface area contributed by atoms with E-state index in [-0.39, 0.29) is 108 Å². The van der Waals surface area contributed by atoms with Gasteiger partial charge in [0.1, 0.15) is 23.2 Å². The molecule has 0 spiro atoms. The SMILES string of the molecule is CC[C@@H](C)C(=O)N[C@H](C(=O)N1C[C@@H](NC(=O)c2ccc(C(=O)N[C@H]3C[C@@H](CN(CCc4ccccc4)C(=O)c4cn5cccnc5n4)N(C(=O)[C@@H](CC(=O)[C@H](C)NC)C4CCCCC4)C3)cc2)C[C@H]1CN(CCc1ccccc1)C(=O)c1cn2cccnc2n1)C1CCCCC1. The molecule has 4 fully saturated rings. The van der Waals surface area contributed by atoms with Crippen LogP contribution in [0.3, 0.4) is 0 Å². The summed E-state index contributed by atoms with van der Waals surface area (Å²) < 4.78 is 3.39. The molecule has 11 rings (SSSR count). The fraction of sp³-hybridized carbons (Fsp3) is 0.486. The predicted molar refractivity (Wildman–Crippen MR) is 363 cm³/mol. The molecule has 96 heavy (non-hydrogen) atoms. The van der Waals surface area contributed by atoms with Gasteiger partial charge in [-0.3, -0.25) is 47.2 Å². The van der Waals surface area contributed by atoms with E-state index >= 15 is 9.59 Å². The number of likely N-dealkylation sites (N-methyl/N-ethyl adjacent to an activating group) is 1. The van der Waals surface area contributed by atoms with Gasteiger partial charge >= 0.3 is 0 Å². The standard InChI is InChI=1S/C74H92N14O8/c1-5-49(2)66(90)82-65(54-26-16-9-17-27-54)72(96)88-44-58(41-60(88)46-84(39-33-52-22-12-7-13-23-52)71(95)63-48-86-37-19-35-77-74(86)81-63)79-68(92)56-30-28-55(29-31-56)67(91)78-57-40-59(87(43-57)69(93)61(42-64(89)50(3)75-4)53-24-14-8-15-25-53)45-83(38-32-51-20-10-6-11-21-51)70(94)62-47-85-36-18-34-76-73(85)80-62/h6-7,10-13,18-23,28-31,34-37,47-50,53-54,57-61,65,75H,5,8-9,14-17,24-27,32-33,38-46H2,1-4H3,(H,78,91)(H,79,92)(H,82,90)/t49-,50+,57+,58+,59+,60+,61+,65+/m1/s1. The minimum absolute atomic E-state index is 0.00148. The molecule has 4 aliphatic rings. The van der Waals surface area contributed by atoms with Gasteiger partial charge in [0.2, 0.25) is 29.3 Å². The molecule has 4 N–H and O–H groups in total. The quantitative estimate of drug-likeness (QED) is 0.0384. The summed E-state index contributed by atoms with van der Waals surface area (Å²) in [5.74, 6) is -2.34. The Morgan fingerprint density at radius 1 is 0.573 bits per heavy atom. The highest BCUT2D eigenvalue weighted by molar-refractivity contribution is 5.99. The van der Waals surface area contributed by atoms with Crippen LogP contribution in [0.25, 0.3) is 11.6 Å². The second kappa shape index (κ2) is 32.0. The number of rotatable bonds is 27. The van der Waals surface area contributed by atoms with Gasteiger partial charge in [0, 0.05) is 118 Å². The Morgan fingerprint density at radius 3 is 1.48 bits per heavy atom. The average Bonchev–Trinajstić information content (AvgIpc) is 1.64. The highest BCUT2D eigenvalue weighted by Gasteiger charge is 2.45. The monoisotopic (exact) mass is 1300 g/mol.